The highest BCUT2D eigenvalue weighted by atomic mass is 35.5. The van der Waals surface area contributed by atoms with E-state index in [2.05, 4.69) is 24.4 Å². The van der Waals surface area contributed by atoms with E-state index < -0.39 is 0 Å². The second-order valence-electron chi connectivity index (χ2n) is 5.30. The first-order valence-corrected chi connectivity index (χ1v) is 8.61. The lowest BCUT2D eigenvalue weighted by atomic mass is 9.86. The normalized spacial score (nSPS) is 25.6. The standard InChI is InChI=1S/C16H21ClN2S/c1-2-19-16(12-18)9-4-5-13(16)8-10-20-15-7-3-6-14(17)11-15/h3,6-7,11,13,19H,2,4-5,8-10H2,1H3. The van der Waals surface area contributed by atoms with Gasteiger partial charge in [-0.15, -0.1) is 11.8 Å². The van der Waals surface area contributed by atoms with E-state index in [1.165, 1.54) is 4.90 Å². The Labute approximate surface area is 130 Å². The van der Waals surface area contributed by atoms with Gasteiger partial charge in [0.25, 0.3) is 0 Å². The number of nitrogens with one attached hydrogen (secondary N) is 1. The maximum Gasteiger partial charge on any atom is 0.109 e. The van der Waals surface area contributed by atoms with Crippen LogP contribution in [0.4, 0.5) is 0 Å². The predicted octanol–water partition coefficient (Wildman–Crippen LogP) is 4.49. The highest BCUT2D eigenvalue weighted by Gasteiger charge is 2.41. The van der Waals surface area contributed by atoms with Gasteiger partial charge in [-0.3, -0.25) is 5.32 Å². The Morgan fingerprint density at radius 3 is 3.10 bits per heavy atom. The molecular weight excluding hydrogens is 288 g/mol. The number of halogens is 1. The molecule has 1 aliphatic carbocycles. The molecule has 2 atom stereocenters. The molecule has 108 valence electrons. The van der Waals surface area contributed by atoms with E-state index in [1.54, 1.807) is 0 Å². The maximum atomic E-state index is 9.53. The quantitative estimate of drug-likeness (QED) is 0.786. The molecule has 4 heteroatoms. The summed E-state index contributed by atoms with van der Waals surface area (Å²) in [4.78, 5) is 1.21. The number of benzene rings is 1. The molecule has 0 saturated heterocycles. The van der Waals surface area contributed by atoms with Gasteiger partial charge < -0.3 is 0 Å². The van der Waals surface area contributed by atoms with Crippen molar-refractivity contribution in [1.29, 1.82) is 5.26 Å². The first-order valence-electron chi connectivity index (χ1n) is 7.25. The molecule has 0 aromatic heterocycles. The SMILES string of the molecule is CCNC1(C#N)CCCC1CCSc1cccc(Cl)c1. The van der Waals surface area contributed by atoms with Crippen LogP contribution in [0.5, 0.6) is 0 Å². The van der Waals surface area contributed by atoms with Crippen LogP contribution in [0.3, 0.4) is 0 Å². The second kappa shape index (κ2) is 7.36. The first kappa shape index (κ1) is 15.7. The van der Waals surface area contributed by atoms with Gasteiger partial charge in [0, 0.05) is 9.92 Å². The van der Waals surface area contributed by atoms with E-state index >= 15 is 0 Å². The summed E-state index contributed by atoms with van der Waals surface area (Å²) in [6.45, 7) is 2.95. The van der Waals surface area contributed by atoms with Gasteiger partial charge in [-0.05, 0) is 55.7 Å². The van der Waals surface area contributed by atoms with Crippen LogP contribution in [0.2, 0.25) is 5.02 Å². The van der Waals surface area contributed by atoms with Gasteiger partial charge >= 0.3 is 0 Å². The van der Waals surface area contributed by atoms with Crippen LogP contribution < -0.4 is 5.32 Å². The van der Waals surface area contributed by atoms with Crippen LogP contribution in [0, 0.1) is 17.2 Å². The Morgan fingerprint density at radius 1 is 1.55 bits per heavy atom. The van der Waals surface area contributed by atoms with Crippen LogP contribution in [0.15, 0.2) is 29.2 Å². The smallest absolute Gasteiger partial charge is 0.109 e. The molecule has 0 radical (unpaired) electrons. The molecule has 1 aliphatic rings. The zero-order valence-corrected chi connectivity index (χ0v) is 13.4. The van der Waals surface area contributed by atoms with Crippen molar-refractivity contribution in [3.05, 3.63) is 29.3 Å². The molecule has 1 N–H and O–H groups in total. The van der Waals surface area contributed by atoms with E-state index in [0.29, 0.717) is 5.92 Å². The number of rotatable bonds is 6. The molecule has 0 spiro atoms. The predicted molar refractivity (Wildman–Crippen MR) is 86.2 cm³/mol. The summed E-state index contributed by atoms with van der Waals surface area (Å²) in [5.41, 5.74) is -0.288. The largest absolute Gasteiger partial charge is 0.299 e. The van der Waals surface area contributed by atoms with Crippen molar-refractivity contribution in [2.24, 2.45) is 5.92 Å². The van der Waals surface area contributed by atoms with Crippen molar-refractivity contribution in [2.45, 2.75) is 43.0 Å². The second-order valence-corrected chi connectivity index (χ2v) is 6.90. The molecule has 20 heavy (non-hydrogen) atoms. The van der Waals surface area contributed by atoms with Crippen molar-refractivity contribution < 1.29 is 0 Å². The lowest BCUT2D eigenvalue weighted by molar-refractivity contribution is 0.317. The Bertz CT molecular complexity index is 486. The molecule has 2 rings (SSSR count). The van der Waals surface area contributed by atoms with E-state index in [9.17, 15) is 5.26 Å². The van der Waals surface area contributed by atoms with Crippen molar-refractivity contribution in [1.82, 2.24) is 5.32 Å². The first-order chi connectivity index (χ1) is 9.70. The number of hydrogen-bond donors (Lipinski definition) is 1. The Balaban J connectivity index is 1.88. The minimum Gasteiger partial charge on any atom is -0.299 e. The summed E-state index contributed by atoms with van der Waals surface area (Å²) in [6, 6.07) is 10.5. The van der Waals surface area contributed by atoms with Gasteiger partial charge in [0.2, 0.25) is 0 Å². The maximum absolute atomic E-state index is 9.53. The fourth-order valence-corrected chi connectivity index (χ4v) is 4.36. The zero-order chi connectivity index (χ0) is 14.4. The van der Waals surface area contributed by atoms with E-state index in [-0.39, 0.29) is 5.54 Å². The molecule has 2 unspecified atom stereocenters. The van der Waals surface area contributed by atoms with Gasteiger partial charge in [-0.1, -0.05) is 31.0 Å². The molecule has 0 aliphatic heterocycles. The van der Waals surface area contributed by atoms with Crippen LogP contribution >= 0.6 is 23.4 Å². The molecule has 0 heterocycles. The highest BCUT2D eigenvalue weighted by molar-refractivity contribution is 7.99. The highest BCUT2D eigenvalue weighted by Crippen LogP contribution is 2.38. The van der Waals surface area contributed by atoms with Crippen LogP contribution in [-0.4, -0.2) is 17.8 Å². The Morgan fingerprint density at radius 2 is 2.40 bits per heavy atom. The molecule has 1 fully saturated rings. The lowest BCUT2D eigenvalue weighted by Gasteiger charge is -2.29. The van der Waals surface area contributed by atoms with Crippen LogP contribution in [0.1, 0.15) is 32.6 Å². The van der Waals surface area contributed by atoms with Crippen molar-refractivity contribution in [2.75, 3.05) is 12.3 Å². The summed E-state index contributed by atoms with van der Waals surface area (Å²) in [5, 5.41) is 13.7. The average Bonchev–Trinajstić information content (AvgIpc) is 2.83. The summed E-state index contributed by atoms with van der Waals surface area (Å²) in [5.74, 6) is 1.51. The fourth-order valence-electron chi connectivity index (χ4n) is 3.08. The van der Waals surface area contributed by atoms with E-state index in [4.69, 9.17) is 11.6 Å². The molecular formula is C16H21ClN2S. The van der Waals surface area contributed by atoms with Gasteiger partial charge in [0.1, 0.15) is 5.54 Å². The fraction of sp³-hybridized carbons (Fsp3) is 0.562. The monoisotopic (exact) mass is 308 g/mol. The summed E-state index contributed by atoms with van der Waals surface area (Å²) < 4.78 is 0. The van der Waals surface area contributed by atoms with Crippen molar-refractivity contribution in [3.8, 4) is 6.07 Å². The third-order valence-corrected chi connectivity index (χ3v) is 5.31. The third kappa shape index (κ3) is 3.69. The van der Waals surface area contributed by atoms with Crippen LogP contribution in [0.25, 0.3) is 0 Å². The minimum atomic E-state index is -0.288. The summed E-state index contributed by atoms with van der Waals surface area (Å²) in [6.07, 6.45) is 4.39. The molecule has 1 aromatic carbocycles. The van der Waals surface area contributed by atoms with E-state index in [1.807, 2.05) is 30.0 Å². The molecule has 1 aromatic rings. The zero-order valence-electron chi connectivity index (χ0n) is 11.9. The van der Waals surface area contributed by atoms with Gasteiger partial charge in [-0.25, -0.2) is 0 Å². The molecule has 1 saturated carbocycles. The van der Waals surface area contributed by atoms with Gasteiger partial charge in [0.15, 0.2) is 0 Å². The number of thioether (sulfide) groups is 1. The third-order valence-electron chi connectivity index (χ3n) is 4.04. The van der Waals surface area contributed by atoms with Crippen LogP contribution in [-0.2, 0) is 0 Å². The summed E-state index contributed by atoms with van der Waals surface area (Å²) >= 11 is 7.82. The van der Waals surface area contributed by atoms with Gasteiger partial charge in [-0.2, -0.15) is 5.26 Å². The van der Waals surface area contributed by atoms with E-state index in [0.717, 1.165) is 43.0 Å². The summed E-state index contributed by atoms with van der Waals surface area (Å²) in [7, 11) is 0. The molecule has 0 amide bonds. The van der Waals surface area contributed by atoms with Gasteiger partial charge in [0.05, 0.1) is 6.07 Å². The Hall–Kier alpha value is -0.690. The van der Waals surface area contributed by atoms with Crippen molar-refractivity contribution in [3.63, 3.8) is 0 Å². The number of nitrogens with zero attached hydrogens (tertiary/aromatic N) is 1. The lowest BCUT2D eigenvalue weighted by Crippen LogP contribution is -2.47. The molecule has 0 bridgehead atoms. The molecule has 2 nitrogen and oxygen atoms in total. The minimum absolute atomic E-state index is 0.288. The number of hydrogen-bond acceptors (Lipinski definition) is 3. The number of nitriles is 1. The average molecular weight is 309 g/mol. The Kier molecular flexibility index (Phi) is 5.77. The van der Waals surface area contributed by atoms with Crippen molar-refractivity contribution >= 4 is 23.4 Å². The topological polar surface area (TPSA) is 35.8 Å².